The Bertz CT molecular complexity index is 576. The third-order valence-electron chi connectivity index (χ3n) is 3.29. The molecule has 0 saturated heterocycles. The van der Waals surface area contributed by atoms with E-state index in [1.807, 2.05) is 24.3 Å². The molecule has 0 spiro atoms. The number of anilines is 1. The first-order valence-electron chi connectivity index (χ1n) is 6.81. The van der Waals surface area contributed by atoms with Crippen molar-refractivity contribution < 1.29 is 4.79 Å². The first-order valence-corrected chi connectivity index (χ1v) is 6.81. The Kier molecular flexibility index (Phi) is 4.77. The van der Waals surface area contributed by atoms with Gasteiger partial charge in [-0.15, -0.1) is 0 Å². The third kappa shape index (κ3) is 4.12. The minimum atomic E-state index is 0.0498. The maximum atomic E-state index is 11.8. The first-order chi connectivity index (χ1) is 9.65. The smallest absolute Gasteiger partial charge is 0.220 e. The summed E-state index contributed by atoms with van der Waals surface area (Å²) < 4.78 is 0. The Morgan fingerprint density at radius 3 is 2.50 bits per heavy atom. The maximum Gasteiger partial charge on any atom is 0.220 e. The van der Waals surface area contributed by atoms with Crippen molar-refractivity contribution in [3.63, 3.8) is 0 Å². The first kappa shape index (κ1) is 14.1. The van der Waals surface area contributed by atoms with Crippen LogP contribution in [0.3, 0.4) is 0 Å². The molecule has 0 aliphatic carbocycles. The molecule has 3 heteroatoms. The summed E-state index contributed by atoms with van der Waals surface area (Å²) in [4.78, 5) is 11.8. The van der Waals surface area contributed by atoms with Gasteiger partial charge in [-0.05, 0) is 30.5 Å². The second-order valence-electron chi connectivity index (χ2n) is 4.96. The van der Waals surface area contributed by atoms with Gasteiger partial charge in [-0.25, -0.2) is 0 Å². The molecule has 0 radical (unpaired) electrons. The summed E-state index contributed by atoms with van der Waals surface area (Å²) in [7, 11) is 0. The Morgan fingerprint density at radius 1 is 1.10 bits per heavy atom. The summed E-state index contributed by atoms with van der Waals surface area (Å²) in [5.41, 5.74) is 9.92. The van der Waals surface area contributed by atoms with Crippen molar-refractivity contribution in [2.24, 2.45) is 0 Å². The van der Waals surface area contributed by atoms with E-state index in [9.17, 15) is 4.79 Å². The number of benzene rings is 2. The predicted molar refractivity (Wildman–Crippen MR) is 82.2 cm³/mol. The van der Waals surface area contributed by atoms with E-state index in [0.29, 0.717) is 18.7 Å². The average Bonchev–Trinajstić information content (AvgIpc) is 2.46. The molecule has 3 nitrogen and oxygen atoms in total. The number of nitrogens with one attached hydrogen (secondary N) is 1. The highest BCUT2D eigenvalue weighted by atomic mass is 16.1. The van der Waals surface area contributed by atoms with Crippen LogP contribution in [-0.4, -0.2) is 5.91 Å². The standard InChI is InChI=1S/C17H20N2O/c1-13-6-8-14(9-7-13)10-11-17(20)19-12-15-4-2-3-5-16(15)18/h2-9H,10-12,18H2,1H3,(H,19,20). The van der Waals surface area contributed by atoms with E-state index < -0.39 is 0 Å². The summed E-state index contributed by atoms with van der Waals surface area (Å²) in [5.74, 6) is 0.0498. The van der Waals surface area contributed by atoms with Crippen molar-refractivity contribution in [1.29, 1.82) is 0 Å². The van der Waals surface area contributed by atoms with E-state index in [-0.39, 0.29) is 5.91 Å². The van der Waals surface area contributed by atoms with Crippen molar-refractivity contribution >= 4 is 11.6 Å². The number of rotatable bonds is 5. The third-order valence-corrected chi connectivity index (χ3v) is 3.29. The number of hydrogen-bond acceptors (Lipinski definition) is 2. The lowest BCUT2D eigenvalue weighted by atomic mass is 10.1. The molecular formula is C17H20N2O. The fraction of sp³-hybridized carbons (Fsp3) is 0.235. The van der Waals surface area contributed by atoms with Crippen molar-refractivity contribution in [2.45, 2.75) is 26.3 Å². The number of amides is 1. The fourth-order valence-corrected chi connectivity index (χ4v) is 1.99. The van der Waals surface area contributed by atoms with E-state index in [2.05, 4.69) is 36.5 Å². The minimum Gasteiger partial charge on any atom is -0.398 e. The lowest BCUT2D eigenvalue weighted by Gasteiger charge is -2.08. The molecule has 2 aromatic carbocycles. The van der Waals surface area contributed by atoms with E-state index >= 15 is 0 Å². The van der Waals surface area contributed by atoms with Crippen molar-refractivity contribution in [2.75, 3.05) is 5.73 Å². The largest absolute Gasteiger partial charge is 0.398 e. The molecule has 0 bridgehead atoms. The van der Waals surface area contributed by atoms with Crippen LogP contribution in [0.5, 0.6) is 0 Å². The van der Waals surface area contributed by atoms with Gasteiger partial charge in [0.25, 0.3) is 0 Å². The van der Waals surface area contributed by atoms with Gasteiger partial charge in [0.05, 0.1) is 0 Å². The van der Waals surface area contributed by atoms with Crippen LogP contribution < -0.4 is 11.1 Å². The van der Waals surface area contributed by atoms with Crippen LogP contribution >= 0.6 is 0 Å². The van der Waals surface area contributed by atoms with Gasteiger partial charge in [0.15, 0.2) is 0 Å². The number of para-hydroxylation sites is 1. The highest BCUT2D eigenvalue weighted by molar-refractivity contribution is 5.76. The normalized spacial score (nSPS) is 10.2. The monoisotopic (exact) mass is 268 g/mol. The van der Waals surface area contributed by atoms with Crippen molar-refractivity contribution in [3.05, 3.63) is 65.2 Å². The highest BCUT2D eigenvalue weighted by Crippen LogP contribution is 2.10. The molecule has 3 N–H and O–H groups in total. The molecule has 104 valence electrons. The van der Waals surface area contributed by atoms with Crippen LogP contribution in [0.2, 0.25) is 0 Å². The molecule has 0 aromatic heterocycles. The van der Waals surface area contributed by atoms with Gasteiger partial charge < -0.3 is 11.1 Å². The summed E-state index contributed by atoms with van der Waals surface area (Å²) in [5, 5.41) is 2.90. The lowest BCUT2D eigenvalue weighted by Crippen LogP contribution is -2.23. The zero-order valence-corrected chi connectivity index (χ0v) is 11.7. The average molecular weight is 268 g/mol. The number of hydrogen-bond donors (Lipinski definition) is 2. The number of aryl methyl sites for hydroxylation is 2. The molecule has 0 saturated carbocycles. The Morgan fingerprint density at radius 2 is 1.80 bits per heavy atom. The number of carbonyl (C=O) groups excluding carboxylic acids is 1. The van der Waals surface area contributed by atoms with Crippen LogP contribution in [0, 0.1) is 6.92 Å². The van der Waals surface area contributed by atoms with Gasteiger partial charge in [-0.3, -0.25) is 4.79 Å². The molecule has 0 aliphatic heterocycles. The van der Waals surface area contributed by atoms with Gasteiger partial charge in [0, 0.05) is 18.7 Å². The Balaban J connectivity index is 1.78. The Hall–Kier alpha value is -2.29. The summed E-state index contributed by atoms with van der Waals surface area (Å²) in [6.45, 7) is 2.54. The zero-order valence-electron chi connectivity index (χ0n) is 11.7. The second-order valence-corrected chi connectivity index (χ2v) is 4.96. The second kappa shape index (κ2) is 6.75. The summed E-state index contributed by atoms with van der Waals surface area (Å²) >= 11 is 0. The van der Waals surface area contributed by atoms with Gasteiger partial charge in [-0.2, -0.15) is 0 Å². The lowest BCUT2D eigenvalue weighted by molar-refractivity contribution is -0.121. The zero-order chi connectivity index (χ0) is 14.4. The number of nitrogen functional groups attached to an aromatic ring is 1. The van der Waals surface area contributed by atoms with Gasteiger partial charge in [0.2, 0.25) is 5.91 Å². The van der Waals surface area contributed by atoms with Crippen LogP contribution in [0.1, 0.15) is 23.1 Å². The van der Waals surface area contributed by atoms with E-state index in [1.54, 1.807) is 0 Å². The minimum absolute atomic E-state index is 0.0498. The molecule has 2 rings (SSSR count). The van der Waals surface area contributed by atoms with E-state index in [1.165, 1.54) is 11.1 Å². The van der Waals surface area contributed by atoms with Gasteiger partial charge in [-0.1, -0.05) is 48.0 Å². The molecule has 0 atom stereocenters. The van der Waals surface area contributed by atoms with E-state index in [4.69, 9.17) is 5.73 Å². The highest BCUT2D eigenvalue weighted by Gasteiger charge is 2.03. The molecule has 0 fully saturated rings. The van der Waals surface area contributed by atoms with Gasteiger partial charge >= 0.3 is 0 Å². The molecule has 2 aromatic rings. The van der Waals surface area contributed by atoms with Crippen LogP contribution in [0.15, 0.2) is 48.5 Å². The van der Waals surface area contributed by atoms with Gasteiger partial charge in [0.1, 0.15) is 0 Å². The van der Waals surface area contributed by atoms with Crippen molar-refractivity contribution in [3.8, 4) is 0 Å². The topological polar surface area (TPSA) is 55.1 Å². The molecule has 0 aliphatic rings. The number of nitrogens with two attached hydrogens (primary N) is 1. The molecule has 1 amide bonds. The van der Waals surface area contributed by atoms with Crippen LogP contribution in [0.25, 0.3) is 0 Å². The van der Waals surface area contributed by atoms with Crippen molar-refractivity contribution in [1.82, 2.24) is 5.32 Å². The predicted octanol–water partition coefficient (Wildman–Crippen LogP) is 2.83. The number of carbonyl (C=O) groups is 1. The molecule has 20 heavy (non-hydrogen) atoms. The molecule has 0 heterocycles. The van der Waals surface area contributed by atoms with E-state index in [0.717, 1.165) is 12.0 Å². The van der Waals surface area contributed by atoms with Crippen LogP contribution in [0.4, 0.5) is 5.69 Å². The Labute approximate surface area is 119 Å². The van der Waals surface area contributed by atoms with Crippen LogP contribution in [-0.2, 0) is 17.8 Å². The molecule has 0 unspecified atom stereocenters. The quantitative estimate of drug-likeness (QED) is 0.819. The summed E-state index contributed by atoms with van der Waals surface area (Å²) in [6.07, 6.45) is 1.26. The molecular weight excluding hydrogens is 248 g/mol. The SMILES string of the molecule is Cc1ccc(CCC(=O)NCc2ccccc2N)cc1. The fourth-order valence-electron chi connectivity index (χ4n) is 1.99. The maximum absolute atomic E-state index is 11.8. The summed E-state index contributed by atoms with van der Waals surface area (Å²) in [6, 6.07) is 15.8.